The van der Waals surface area contributed by atoms with Crippen LogP contribution in [0, 0.1) is 10.1 Å². The van der Waals surface area contributed by atoms with E-state index in [0.717, 1.165) is 28.0 Å². The molecule has 0 saturated carbocycles. The quantitative estimate of drug-likeness (QED) is 0.449. The van der Waals surface area contributed by atoms with Gasteiger partial charge in [0, 0.05) is 23.3 Å². The maximum atomic E-state index is 10.7. The van der Waals surface area contributed by atoms with Gasteiger partial charge < -0.3 is 0 Å². The molecule has 4 rings (SSSR count). The molecule has 1 N–H and O–H groups in total. The largest absolute Gasteiger partial charge is 0.278 e. The van der Waals surface area contributed by atoms with E-state index in [2.05, 4.69) is 22.7 Å². The Balaban J connectivity index is 1.71. The summed E-state index contributed by atoms with van der Waals surface area (Å²) in [5, 5.41) is 15.3. The monoisotopic (exact) mass is 315 g/mol. The molecule has 0 fully saturated rings. The van der Waals surface area contributed by atoms with Crippen LogP contribution in [0.4, 0.5) is 11.4 Å². The van der Waals surface area contributed by atoms with Gasteiger partial charge in [-0.05, 0) is 23.3 Å². The molecule has 0 bridgehead atoms. The predicted octanol–water partition coefficient (Wildman–Crippen LogP) is 4.44. The summed E-state index contributed by atoms with van der Waals surface area (Å²) < 4.78 is 0. The number of hydrogen-bond acceptors (Lipinski definition) is 4. The van der Waals surface area contributed by atoms with Crippen molar-refractivity contribution in [1.29, 1.82) is 0 Å². The van der Waals surface area contributed by atoms with Crippen molar-refractivity contribution in [2.24, 2.45) is 5.10 Å². The number of hydrazone groups is 1. The lowest BCUT2D eigenvalue weighted by Crippen LogP contribution is -2.02. The van der Waals surface area contributed by atoms with Gasteiger partial charge in [0.05, 0.1) is 16.3 Å². The first-order valence-corrected chi connectivity index (χ1v) is 7.51. The molecule has 116 valence electrons. The SMILES string of the molecule is O=[N+]([O-])c1ccc(NN=C2c3ccccc3-c3ccccc32)cc1. The molecule has 5 heteroatoms. The topological polar surface area (TPSA) is 67.5 Å². The van der Waals surface area contributed by atoms with E-state index in [0.29, 0.717) is 5.69 Å². The fourth-order valence-corrected chi connectivity index (χ4v) is 2.89. The van der Waals surface area contributed by atoms with E-state index in [4.69, 9.17) is 0 Å². The van der Waals surface area contributed by atoms with Crippen molar-refractivity contribution in [3.05, 3.63) is 94.0 Å². The number of hydrogen-bond donors (Lipinski definition) is 1. The lowest BCUT2D eigenvalue weighted by atomic mass is 10.1. The summed E-state index contributed by atoms with van der Waals surface area (Å²) in [6.07, 6.45) is 0. The molecule has 0 spiro atoms. The number of nitrogens with zero attached hydrogens (tertiary/aromatic N) is 2. The van der Waals surface area contributed by atoms with Crippen molar-refractivity contribution in [3.8, 4) is 11.1 Å². The molecule has 3 aromatic carbocycles. The van der Waals surface area contributed by atoms with Crippen molar-refractivity contribution in [2.45, 2.75) is 0 Å². The summed E-state index contributed by atoms with van der Waals surface area (Å²) in [6.45, 7) is 0. The Morgan fingerprint density at radius 2 is 1.25 bits per heavy atom. The van der Waals surface area contributed by atoms with Crippen LogP contribution in [0.5, 0.6) is 0 Å². The summed E-state index contributed by atoms with van der Waals surface area (Å²) in [7, 11) is 0. The first kappa shape index (κ1) is 14.1. The third-order valence-electron chi connectivity index (χ3n) is 4.03. The van der Waals surface area contributed by atoms with Gasteiger partial charge in [0.15, 0.2) is 0 Å². The summed E-state index contributed by atoms with van der Waals surface area (Å²) >= 11 is 0. The Morgan fingerprint density at radius 1 is 0.750 bits per heavy atom. The molecule has 24 heavy (non-hydrogen) atoms. The Labute approximate surface area is 138 Å². The van der Waals surface area contributed by atoms with E-state index < -0.39 is 4.92 Å². The summed E-state index contributed by atoms with van der Waals surface area (Å²) in [5.74, 6) is 0. The molecule has 0 aromatic heterocycles. The van der Waals surface area contributed by atoms with Gasteiger partial charge in [0.1, 0.15) is 0 Å². The molecule has 0 atom stereocenters. The number of anilines is 1. The van der Waals surface area contributed by atoms with Gasteiger partial charge in [-0.25, -0.2) is 0 Å². The van der Waals surface area contributed by atoms with Gasteiger partial charge in [-0.1, -0.05) is 48.5 Å². The molecule has 0 aliphatic heterocycles. The minimum Gasteiger partial charge on any atom is -0.278 e. The maximum Gasteiger partial charge on any atom is 0.269 e. The minimum atomic E-state index is -0.418. The van der Waals surface area contributed by atoms with Crippen LogP contribution in [0.1, 0.15) is 11.1 Å². The normalized spacial score (nSPS) is 11.6. The zero-order valence-electron chi connectivity index (χ0n) is 12.6. The fraction of sp³-hybridized carbons (Fsp3) is 0. The third kappa shape index (κ3) is 2.32. The molecule has 1 aliphatic rings. The van der Waals surface area contributed by atoms with E-state index in [9.17, 15) is 10.1 Å². The minimum absolute atomic E-state index is 0.0600. The van der Waals surface area contributed by atoms with E-state index in [1.807, 2.05) is 36.4 Å². The number of non-ortho nitro benzene ring substituents is 1. The first-order valence-electron chi connectivity index (χ1n) is 7.51. The molecule has 3 aromatic rings. The number of rotatable bonds is 3. The van der Waals surface area contributed by atoms with E-state index >= 15 is 0 Å². The van der Waals surface area contributed by atoms with Gasteiger partial charge in [-0.15, -0.1) is 0 Å². The molecule has 0 saturated heterocycles. The number of benzene rings is 3. The maximum absolute atomic E-state index is 10.7. The van der Waals surface area contributed by atoms with Gasteiger partial charge in [0.25, 0.3) is 5.69 Å². The second-order valence-electron chi connectivity index (χ2n) is 5.47. The molecule has 5 nitrogen and oxygen atoms in total. The highest BCUT2D eigenvalue weighted by atomic mass is 16.6. The van der Waals surface area contributed by atoms with Crippen molar-refractivity contribution < 1.29 is 4.92 Å². The highest BCUT2D eigenvalue weighted by molar-refractivity contribution is 6.24. The molecule has 0 radical (unpaired) electrons. The van der Waals surface area contributed by atoms with Crippen LogP contribution < -0.4 is 5.43 Å². The highest BCUT2D eigenvalue weighted by Gasteiger charge is 2.23. The lowest BCUT2D eigenvalue weighted by Gasteiger charge is -2.04. The van der Waals surface area contributed by atoms with Crippen LogP contribution in [0.3, 0.4) is 0 Å². The summed E-state index contributed by atoms with van der Waals surface area (Å²) in [5.41, 5.74) is 9.12. The Hall–Kier alpha value is -3.47. The molecular formula is C19H13N3O2. The van der Waals surface area contributed by atoms with Crippen molar-refractivity contribution in [3.63, 3.8) is 0 Å². The number of nitrogens with one attached hydrogen (secondary N) is 1. The van der Waals surface area contributed by atoms with Gasteiger partial charge in [-0.3, -0.25) is 15.5 Å². The lowest BCUT2D eigenvalue weighted by molar-refractivity contribution is -0.384. The van der Waals surface area contributed by atoms with Gasteiger partial charge in [0.2, 0.25) is 0 Å². The second kappa shape index (κ2) is 5.62. The average molecular weight is 315 g/mol. The first-order chi connectivity index (χ1) is 11.7. The third-order valence-corrected chi connectivity index (χ3v) is 4.03. The van der Waals surface area contributed by atoms with E-state index in [-0.39, 0.29) is 5.69 Å². The average Bonchev–Trinajstić information content (AvgIpc) is 2.94. The molecular weight excluding hydrogens is 302 g/mol. The number of nitro benzene ring substituents is 1. The Kier molecular flexibility index (Phi) is 3.31. The fourth-order valence-electron chi connectivity index (χ4n) is 2.89. The van der Waals surface area contributed by atoms with E-state index in [1.165, 1.54) is 12.1 Å². The molecule has 0 amide bonds. The number of fused-ring (bicyclic) bond motifs is 3. The zero-order chi connectivity index (χ0) is 16.5. The van der Waals surface area contributed by atoms with Crippen LogP contribution in [0.15, 0.2) is 77.9 Å². The summed E-state index contributed by atoms with van der Waals surface area (Å²) in [6, 6.07) is 22.5. The molecule has 1 aliphatic carbocycles. The molecule has 0 heterocycles. The van der Waals surface area contributed by atoms with Gasteiger partial charge in [-0.2, -0.15) is 5.10 Å². The Bertz CT molecular complexity index is 915. The van der Waals surface area contributed by atoms with Gasteiger partial charge >= 0.3 is 0 Å². The summed E-state index contributed by atoms with van der Waals surface area (Å²) in [4.78, 5) is 10.3. The molecule has 0 unspecified atom stereocenters. The van der Waals surface area contributed by atoms with E-state index in [1.54, 1.807) is 12.1 Å². The highest BCUT2D eigenvalue weighted by Crippen LogP contribution is 2.36. The van der Waals surface area contributed by atoms with Crippen LogP contribution in [0.2, 0.25) is 0 Å². The van der Waals surface area contributed by atoms with Crippen molar-refractivity contribution in [1.82, 2.24) is 0 Å². The Morgan fingerprint density at radius 3 is 1.75 bits per heavy atom. The van der Waals surface area contributed by atoms with Crippen LogP contribution in [0.25, 0.3) is 11.1 Å². The zero-order valence-corrected chi connectivity index (χ0v) is 12.6. The van der Waals surface area contributed by atoms with Crippen molar-refractivity contribution >= 4 is 17.1 Å². The standard InChI is InChI=1S/C19H13N3O2/c23-22(24)14-11-9-13(10-12-14)20-21-19-17-7-3-1-5-15(17)16-6-2-4-8-18(16)19/h1-12,20H. The predicted molar refractivity (Wildman–Crippen MR) is 94.2 cm³/mol. The van der Waals surface area contributed by atoms with Crippen molar-refractivity contribution in [2.75, 3.05) is 5.43 Å². The number of nitro groups is 1. The second-order valence-corrected chi connectivity index (χ2v) is 5.47. The van der Waals surface area contributed by atoms with Crippen LogP contribution in [-0.2, 0) is 0 Å². The van der Waals surface area contributed by atoms with Crippen LogP contribution >= 0.6 is 0 Å². The van der Waals surface area contributed by atoms with Crippen LogP contribution in [-0.4, -0.2) is 10.6 Å². The smallest absolute Gasteiger partial charge is 0.269 e.